The molecular formula is C28H35N5O5. The van der Waals surface area contributed by atoms with Crippen LogP contribution in [0.5, 0.6) is 29.0 Å². The molecule has 0 unspecified atom stereocenters. The van der Waals surface area contributed by atoms with E-state index < -0.39 is 0 Å². The highest BCUT2D eigenvalue weighted by Crippen LogP contribution is 2.32. The fraction of sp³-hybridized carbons (Fsp3) is 0.393. The predicted molar refractivity (Wildman–Crippen MR) is 145 cm³/mol. The van der Waals surface area contributed by atoms with Crippen LogP contribution in [0.25, 0.3) is 5.65 Å². The van der Waals surface area contributed by atoms with Crippen LogP contribution in [0.1, 0.15) is 37.8 Å². The van der Waals surface area contributed by atoms with Gasteiger partial charge in [0.05, 0.1) is 34.5 Å². The van der Waals surface area contributed by atoms with Crippen molar-refractivity contribution in [1.29, 1.82) is 0 Å². The van der Waals surface area contributed by atoms with Crippen LogP contribution >= 0.6 is 0 Å². The number of ether oxygens (including phenoxy) is 5. The summed E-state index contributed by atoms with van der Waals surface area (Å²) in [5.74, 6) is 3.38. The highest BCUT2D eigenvalue weighted by atomic mass is 16.5. The van der Waals surface area contributed by atoms with Gasteiger partial charge >= 0.3 is 6.01 Å². The van der Waals surface area contributed by atoms with Gasteiger partial charge in [-0.1, -0.05) is 19.4 Å². The standard InChI is InChI=1S/C28H35N5O5/c1-7-8-19(2)38-28-30-27(26-29-13-14-33(26)31-28)32(17-20-9-12-23(35-4)25(15-20)37-6)18-21-10-11-22(34-3)16-24(21)36-5/h9-16,19H,7-8,17-18H2,1-6H3/t19-/m0/s1. The molecule has 0 N–H and O–H groups in total. The second-order valence-electron chi connectivity index (χ2n) is 8.85. The number of fused-ring (bicyclic) bond motifs is 1. The minimum atomic E-state index is -0.0187. The summed E-state index contributed by atoms with van der Waals surface area (Å²) in [7, 11) is 6.53. The van der Waals surface area contributed by atoms with E-state index >= 15 is 0 Å². The summed E-state index contributed by atoms with van der Waals surface area (Å²) in [6.45, 7) is 5.12. The molecule has 2 heterocycles. The minimum absolute atomic E-state index is 0.0187. The minimum Gasteiger partial charge on any atom is -0.497 e. The fourth-order valence-electron chi connectivity index (χ4n) is 4.29. The third-order valence-corrected chi connectivity index (χ3v) is 6.19. The van der Waals surface area contributed by atoms with E-state index in [1.807, 2.05) is 43.3 Å². The van der Waals surface area contributed by atoms with Gasteiger partial charge in [-0.15, -0.1) is 5.10 Å². The van der Waals surface area contributed by atoms with Gasteiger partial charge in [0, 0.05) is 37.1 Å². The molecule has 0 radical (unpaired) electrons. The number of hydrogen-bond donors (Lipinski definition) is 0. The van der Waals surface area contributed by atoms with E-state index in [0.717, 1.165) is 29.7 Å². The van der Waals surface area contributed by atoms with Crippen molar-refractivity contribution in [2.24, 2.45) is 0 Å². The first-order chi connectivity index (χ1) is 18.5. The van der Waals surface area contributed by atoms with E-state index in [4.69, 9.17) is 28.7 Å². The molecule has 2 aromatic carbocycles. The van der Waals surface area contributed by atoms with Crippen molar-refractivity contribution in [1.82, 2.24) is 19.6 Å². The van der Waals surface area contributed by atoms with E-state index in [0.29, 0.717) is 47.8 Å². The average Bonchev–Trinajstić information content (AvgIpc) is 3.41. The molecule has 1 atom stereocenters. The molecule has 4 rings (SSSR count). The molecule has 0 aliphatic heterocycles. The van der Waals surface area contributed by atoms with E-state index in [2.05, 4.69) is 21.9 Å². The number of benzene rings is 2. The lowest BCUT2D eigenvalue weighted by Gasteiger charge is -2.26. The van der Waals surface area contributed by atoms with Crippen LogP contribution in [0.2, 0.25) is 0 Å². The van der Waals surface area contributed by atoms with Crippen molar-refractivity contribution in [3.8, 4) is 29.0 Å². The molecule has 0 saturated carbocycles. The second kappa shape index (κ2) is 12.4. The third kappa shape index (κ3) is 6.01. The van der Waals surface area contributed by atoms with Gasteiger partial charge in [0.15, 0.2) is 23.0 Å². The molecule has 0 spiro atoms. The Kier molecular flexibility index (Phi) is 8.73. The SMILES string of the molecule is CCC[C@H](C)Oc1nc(N(Cc2ccc(OC)c(OC)c2)Cc2ccc(OC)cc2OC)c2nccn2n1. The van der Waals surface area contributed by atoms with Crippen molar-refractivity contribution < 1.29 is 23.7 Å². The lowest BCUT2D eigenvalue weighted by Crippen LogP contribution is -2.25. The first-order valence-electron chi connectivity index (χ1n) is 12.5. The van der Waals surface area contributed by atoms with Crippen molar-refractivity contribution in [2.45, 2.75) is 45.9 Å². The van der Waals surface area contributed by atoms with Gasteiger partial charge in [-0.3, -0.25) is 0 Å². The number of imidazole rings is 1. The number of aromatic nitrogens is 4. The quantitative estimate of drug-likeness (QED) is 0.243. The monoisotopic (exact) mass is 521 g/mol. The summed E-state index contributed by atoms with van der Waals surface area (Å²) in [5.41, 5.74) is 2.58. The first kappa shape index (κ1) is 26.8. The maximum absolute atomic E-state index is 6.09. The van der Waals surface area contributed by atoms with Gasteiger partial charge in [-0.2, -0.15) is 4.98 Å². The van der Waals surface area contributed by atoms with Crippen LogP contribution in [0.15, 0.2) is 48.8 Å². The average molecular weight is 522 g/mol. The summed E-state index contributed by atoms with van der Waals surface area (Å²) < 4.78 is 29.9. The third-order valence-electron chi connectivity index (χ3n) is 6.19. The normalized spacial score (nSPS) is 11.7. The Bertz CT molecular complexity index is 1360. The molecule has 0 aliphatic rings. The van der Waals surface area contributed by atoms with Crippen LogP contribution in [0, 0.1) is 0 Å². The fourth-order valence-corrected chi connectivity index (χ4v) is 4.29. The molecule has 10 heteroatoms. The molecule has 38 heavy (non-hydrogen) atoms. The second-order valence-corrected chi connectivity index (χ2v) is 8.85. The van der Waals surface area contributed by atoms with Crippen molar-refractivity contribution in [3.63, 3.8) is 0 Å². The Morgan fingerprint density at radius 3 is 2.39 bits per heavy atom. The van der Waals surface area contributed by atoms with Gasteiger partial charge in [-0.25, -0.2) is 9.50 Å². The Hall–Kier alpha value is -4.21. The first-order valence-corrected chi connectivity index (χ1v) is 12.5. The largest absolute Gasteiger partial charge is 0.497 e. The van der Waals surface area contributed by atoms with Crippen molar-refractivity contribution >= 4 is 11.5 Å². The molecular weight excluding hydrogens is 486 g/mol. The van der Waals surface area contributed by atoms with E-state index in [-0.39, 0.29) is 6.10 Å². The maximum Gasteiger partial charge on any atom is 0.336 e. The molecule has 10 nitrogen and oxygen atoms in total. The number of anilines is 1. The lowest BCUT2D eigenvalue weighted by atomic mass is 10.1. The zero-order valence-corrected chi connectivity index (χ0v) is 22.8. The molecule has 0 saturated heterocycles. The highest BCUT2D eigenvalue weighted by molar-refractivity contribution is 5.65. The number of methoxy groups -OCH3 is 4. The van der Waals surface area contributed by atoms with Crippen molar-refractivity contribution in [2.75, 3.05) is 33.3 Å². The van der Waals surface area contributed by atoms with Gasteiger partial charge in [0.1, 0.15) is 11.5 Å². The zero-order valence-electron chi connectivity index (χ0n) is 22.8. The van der Waals surface area contributed by atoms with E-state index in [9.17, 15) is 0 Å². The van der Waals surface area contributed by atoms with Crippen LogP contribution in [0.4, 0.5) is 5.82 Å². The molecule has 0 bridgehead atoms. The topological polar surface area (TPSA) is 92.5 Å². The van der Waals surface area contributed by atoms with Crippen molar-refractivity contribution in [3.05, 3.63) is 59.9 Å². The number of hydrogen-bond acceptors (Lipinski definition) is 9. The van der Waals surface area contributed by atoms with Crippen LogP contribution in [-0.2, 0) is 13.1 Å². The Labute approximate surface area is 223 Å². The van der Waals surface area contributed by atoms with Crippen LogP contribution in [0.3, 0.4) is 0 Å². The molecule has 2 aromatic heterocycles. The van der Waals surface area contributed by atoms with Gasteiger partial charge in [0.2, 0.25) is 0 Å². The Morgan fingerprint density at radius 1 is 0.895 bits per heavy atom. The molecule has 202 valence electrons. The highest BCUT2D eigenvalue weighted by Gasteiger charge is 2.21. The van der Waals surface area contributed by atoms with Gasteiger partial charge in [0.25, 0.3) is 0 Å². The van der Waals surface area contributed by atoms with Gasteiger partial charge < -0.3 is 28.6 Å². The summed E-state index contributed by atoms with van der Waals surface area (Å²) in [4.78, 5) is 11.5. The molecule has 0 fully saturated rings. The summed E-state index contributed by atoms with van der Waals surface area (Å²) >= 11 is 0. The van der Waals surface area contributed by atoms with E-state index in [1.54, 1.807) is 45.3 Å². The summed E-state index contributed by atoms with van der Waals surface area (Å²) in [5, 5.41) is 4.54. The molecule has 0 aliphatic carbocycles. The van der Waals surface area contributed by atoms with Gasteiger partial charge in [-0.05, 0) is 43.2 Å². The zero-order chi connectivity index (χ0) is 27.1. The smallest absolute Gasteiger partial charge is 0.336 e. The summed E-state index contributed by atoms with van der Waals surface area (Å²) in [6.07, 6.45) is 5.38. The molecule has 0 amide bonds. The Balaban J connectivity index is 1.80. The maximum atomic E-state index is 6.09. The van der Waals surface area contributed by atoms with Crippen LogP contribution in [-0.4, -0.2) is 54.1 Å². The van der Waals surface area contributed by atoms with E-state index in [1.165, 1.54) is 0 Å². The number of nitrogens with zero attached hydrogens (tertiary/aromatic N) is 5. The molecule has 4 aromatic rings. The lowest BCUT2D eigenvalue weighted by molar-refractivity contribution is 0.189. The van der Waals surface area contributed by atoms with Crippen LogP contribution < -0.4 is 28.6 Å². The predicted octanol–water partition coefficient (Wildman–Crippen LogP) is 4.93. The Morgan fingerprint density at radius 2 is 1.68 bits per heavy atom. The number of rotatable bonds is 13. The summed E-state index contributed by atoms with van der Waals surface area (Å²) in [6, 6.07) is 11.9.